The third-order valence-electron chi connectivity index (χ3n) is 3.53. The van der Waals surface area contributed by atoms with E-state index in [9.17, 15) is 23.1 Å². The van der Waals surface area contributed by atoms with Crippen molar-refractivity contribution in [3.63, 3.8) is 0 Å². The number of halogens is 3. The van der Waals surface area contributed by atoms with Crippen molar-refractivity contribution in [1.82, 2.24) is 24.4 Å². The zero-order valence-electron chi connectivity index (χ0n) is 13.2. The van der Waals surface area contributed by atoms with Gasteiger partial charge in [-0.2, -0.15) is 13.2 Å². The number of rotatable bonds is 6. The quantitative estimate of drug-likeness (QED) is 0.817. The first kappa shape index (κ1) is 18.0. The smallest absolute Gasteiger partial charge is 0.374 e. The summed E-state index contributed by atoms with van der Waals surface area (Å²) in [5, 5.41) is 12.6. The molecule has 2 rings (SSSR count). The number of hydrogen-bond acceptors (Lipinski definition) is 4. The van der Waals surface area contributed by atoms with Crippen LogP contribution in [0.25, 0.3) is 0 Å². The van der Waals surface area contributed by atoms with Gasteiger partial charge in [0.25, 0.3) is 0 Å². The van der Waals surface area contributed by atoms with E-state index in [-0.39, 0.29) is 0 Å². The topological polar surface area (TPSA) is 85.0 Å². The third-order valence-corrected chi connectivity index (χ3v) is 3.53. The molecule has 2 N–H and O–H groups in total. The van der Waals surface area contributed by atoms with E-state index in [0.717, 1.165) is 10.8 Å². The Balaban J connectivity index is 2.10. The molecule has 2 aromatic rings. The number of aryl methyl sites for hydroxylation is 1. The molecule has 0 aliphatic rings. The van der Waals surface area contributed by atoms with Gasteiger partial charge >= 0.3 is 6.18 Å². The molecule has 132 valence electrons. The maximum absolute atomic E-state index is 13.4. The van der Waals surface area contributed by atoms with Gasteiger partial charge in [0.15, 0.2) is 5.82 Å². The molecule has 7 nitrogen and oxygen atoms in total. The number of carbonyl (C=O) groups is 1. The van der Waals surface area contributed by atoms with Crippen LogP contribution in [0.1, 0.15) is 19.2 Å². The summed E-state index contributed by atoms with van der Waals surface area (Å²) in [7, 11) is 1.32. The molecule has 24 heavy (non-hydrogen) atoms. The second-order valence-corrected chi connectivity index (χ2v) is 5.62. The van der Waals surface area contributed by atoms with E-state index in [1.165, 1.54) is 19.6 Å². The van der Waals surface area contributed by atoms with Crippen LogP contribution in [0, 0.1) is 0 Å². The van der Waals surface area contributed by atoms with Crippen molar-refractivity contribution in [3.8, 4) is 0 Å². The van der Waals surface area contributed by atoms with E-state index in [0.29, 0.717) is 6.54 Å². The van der Waals surface area contributed by atoms with Crippen molar-refractivity contribution in [2.24, 2.45) is 7.05 Å². The fourth-order valence-electron chi connectivity index (χ4n) is 2.39. The van der Waals surface area contributed by atoms with E-state index in [2.05, 4.69) is 15.3 Å². The lowest BCUT2D eigenvalue weighted by Gasteiger charge is -2.29. The molecule has 0 bridgehead atoms. The highest BCUT2D eigenvalue weighted by Gasteiger charge is 2.58. The number of nitrogens with zero attached hydrogens (tertiary/aromatic N) is 4. The molecule has 0 saturated carbocycles. The first-order valence-corrected chi connectivity index (χ1v) is 7.15. The number of aromatic nitrogens is 4. The fourth-order valence-corrected chi connectivity index (χ4v) is 2.39. The molecule has 2 aromatic heterocycles. The maximum atomic E-state index is 13.4. The highest BCUT2D eigenvalue weighted by atomic mass is 19.4. The number of nitrogens with one attached hydrogen (secondary N) is 1. The molecule has 0 aliphatic heterocycles. The van der Waals surface area contributed by atoms with Crippen LogP contribution in [-0.2, 0) is 24.0 Å². The van der Waals surface area contributed by atoms with Crippen LogP contribution in [0.3, 0.4) is 0 Å². The van der Waals surface area contributed by atoms with E-state index >= 15 is 0 Å². The third kappa shape index (κ3) is 3.75. The normalized spacial score (nSPS) is 15.8. The largest absolute Gasteiger partial charge is 0.425 e. The van der Waals surface area contributed by atoms with Crippen molar-refractivity contribution in [2.75, 3.05) is 0 Å². The lowest BCUT2D eigenvalue weighted by atomic mass is 9.97. The Labute approximate surface area is 136 Å². The summed E-state index contributed by atoms with van der Waals surface area (Å²) in [4.78, 5) is 19.4. The van der Waals surface area contributed by atoms with Crippen LogP contribution in [-0.4, -0.2) is 42.3 Å². The minimum absolute atomic E-state index is 0.346. The molecular formula is C14H18F3N5O2. The summed E-state index contributed by atoms with van der Waals surface area (Å²) in [5.41, 5.74) is -3.36. The Morgan fingerprint density at radius 1 is 1.38 bits per heavy atom. The van der Waals surface area contributed by atoms with E-state index < -0.39 is 36.0 Å². The number of carbonyl (C=O) groups excluding carboxylic acids is 1. The molecule has 1 amide bonds. The molecule has 2 heterocycles. The molecule has 10 heteroatoms. The summed E-state index contributed by atoms with van der Waals surface area (Å²) in [6.07, 6.45) is 0.938. The van der Waals surface area contributed by atoms with Gasteiger partial charge in [-0.25, -0.2) is 9.97 Å². The van der Waals surface area contributed by atoms with Crippen LogP contribution >= 0.6 is 0 Å². The van der Waals surface area contributed by atoms with Gasteiger partial charge in [-0.3, -0.25) is 4.79 Å². The molecule has 0 radical (unpaired) electrons. The van der Waals surface area contributed by atoms with Gasteiger partial charge in [-0.15, -0.1) is 0 Å². The van der Waals surface area contributed by atoms with Crippen molar-refractivity contribution >= 4 is 5.91 Å². The standard InChI is InChI=1S/C14H18F3N5O2/c1-10(8-22-6-3-18-9-22)20-11(23)7-13(24,14(15,16)17)12-19-4-5-21(12)2/h3-6,9-10,24H,7-8H2,1-2H3,(H,20,23)/t10-,13-/m1/s1. The fraction of sp³-hybridized carbons (Fsp3) is 0.500. The van der Waals surface area contributed by atoms with Gasteiger partial charge in [0.05, 0.1) is 12.7 Å². The van der Waals surface area contributed by atoms with Gasteiger partial charge in [0.2, 0.25) is 11.5 Å². The Morgan fingerprint density at radius 2 is 2.08 bits per heavy atom. The molecule has 0 spiro atoms. The molecular weight excluding hydrogens is 327 g/mol. The Hall–Kier alpha value is -2.36. The molecule has 0 aromatic carbocycles. The van der Waals surface area contributed by atoms with Crippen molar-refractivity contribution in [2.45, 2.75) is 37.7 Å². The van der Waals surface area contributed by atoms with Gasteiger partial charge in [-0.1, -0.05) is 0 Å². The average Bonchev–Trinajstić information content (AvgIpc) is 3.08. The monoisotopic (exact) mass is 345 g/mol. The Morgan fingerprint density at radius 3 is 2.58 bits per heavy atom. The lowest BCUT2D eigenvalue weighted by Crippen LogP contribution is -2.49. The predicted molar refractivity (Wildman–Crippen MR) is 77.6 cm³/mol. The predicted octanol–water partition coefficient (Wildman–Crippen LogP) is 0.961. The molecule has 0 unspecified atom stereocenters. The SMILES string of the molecule is C[C@H](Cn1ccnc1)NC(=O)C[C@@](O)(c1nccn1C)C(F)(F)F. The second kappa shape index (κ2) is 6.63. The van der Waals surface area contributed by atoms with Gasteiger partial charge in [-0.05, 0) is 6.92 Å². The van der Waals surface area contributed by atoms with E-state index in [1.54, 1.807) is 23.9 Å². The number of hydrogen-bond donors (Lipinski definition) is 2. The molecule has 2 atom stereocenters. The summed E-state index contributed by atoms with van der Waals surface area (Å²) < 4.78 is 42.8. The first-order chi connectivity index (χ1) is 11.1. The van der Waals surface area contributed by atoms with Crippen LogP contribution in [0.2, 0.25) is 0 Å². The number of amides is 1. The lowest BCUT2D eigenvalue weighted by molar-refractivity contribution is -0.271. The van der Waals surface area contributed by atoms with Crippen LogP contribution in [0.4, 0.5) is 13.2 Å². The van der Waals surface area contributed by atoms with Crippen LogP contribution < -0.4 is 5.32 Å². The number of imidazole rings is 2. The summed E-state index contributed by atoms with van der Waals surface area (Å²) in [5.74, 6) is -1.56. The van der Waals surface area contributed by atoms with Crippen molar-refractivity contribution in [1.29, 1.82) is 0 Å². The number of aliphatic hydroxyl groups is 1. The van der Waals surface area contributed by atoms with Gasteiger partial charge in [0.1, 0.15) is 0 Å². The van der Waals surface area contributed by atoms with Crippen LogP contribution in [0.5, 0.6) is 0 Å². The van der Waals surface area contributed by atoms with Crippen molar-refractivity contribution in [3.05, 3.63) is 36.9 Å². The van der Waals surface area contributed by atoms with Gasteiger partial charge < -0.3 is 19.6 Å². The molecule has 0 saturated heterocycles. The summed E-state index contributed by atoms with van der Waals surface area (Å²) >= 11 is 0. The molecule has 0 fully saturated rings. The zero-order valence-corrected chi connectivity index (χ0v) is 13.2. The highest BCUT2D eigenvalue weighted by Crippen LogP contribution is 2.40. The Kier molecular flexibility index (Phi) is 4.97. The second-order valence-electron chi connectivity index (χ2n) is 5.62. The Bertz CT molecular complexity index is 683. The van der Waals surface area contributed by atoms with Crippen LogP contribution in [0.15, 0.2) is 31.1 Å². The summed E-state index contributed by atoms with van der Waals surface area (Å²) in [6.45, 7) is 1.99. The summed E-state index contributed by atoms with van der Waals surface area (Å²) in [6, 6.07) is -0.439. The highest BCUT2D eigenvalue weighted by molar-refractivity contribution is 5.77. The molecule has 0 aliphatic carbocycles. The van der Waals surface area contributed by atoms with E-state index in [4.69, 9.17) is 0 Å². The van der Waals surface area contributed by atoms with Gasteiger partial charge in [0, 0.05) is 44.4 Å². The number of alkyl halides is 3. The van der Waals surface area contributed by atoms with E-state index in [1.807, 2.05) is 0 Å². The minimum atomic E-state index is -5.04. The first-order valence-electron chi connectivity index (χ1n) is 7.15. The van der Waals surface area contributed by atoms with Crippen molar-refractivity contribution < 1.29 is 23.1 Å². The minimum Gasteiger partial charge on any atom is -0.374 e. The maximum Gasteiger partial charge on any atom is 0.425 e. The zero-order chi connectivity index (χ0) is 18.0. The average molecular weight is 345 g/mol.